The predicted octanol–water partition coefficient (Wildman–Crippen LogP) is 2.60. The minimum Gasteiger partial charge on any atom is -0.394 e. The maximum atomic E-state index is 12.9. The van der Waals surface area contributed by atoms with E-state index in [0.29, 0.717) is 10.6 Å². The molecule has 0 aliphatic heterocycles. The number of carbonyl (C=O) groups excluding carboxylic acids is 1. The van der Waals surface area contributed by atoms with Crippen LogP contribution < -0.4 is 10.9 Å². The smallest absolute Gasteiger partial charge is 0.394 e. The van der Waals surface area contributed by atoms with Crippen LogP contribution in [0.1, 0.15) is 10.4 Å². The van der Waals surface area contributed by atoms with Crippen LogP contribution in [0.25, 0.3) is 16.9 Å². The first-order chi connectivity index (χ1) is 14.2. The van der Waals surface area contributed by atoms with Gasteiger partial charge in [-0.1, -0.05) is 23.7 Å². The summed E-state index contributed by atoms with van der Waals surface area (Å²) in [5.74, 6) is -1.30. The van der Waals surface area contributed by atoms with Crippen LogP contribution in [0.5, 0.6) is 0 Å². The Morgan fingerprint density at radius 2 is 1.93 bits per heavy atom. The molecule has 0 spiro atoms. The van der Waals surface area contributed by atoms with E-state index < -0.39 is 35.9 Å². The number of rotatable bonds is 5. The molecular formula is C19H14ClF3N4O3. The van der Waals surface area contributed by atoms with Crippen LogP contribution in [-0.2, 0) is 0 Å². The molecule has 30 heavy (non-hydrogen) atoms. The second-order valence-electron chi connectivity index (χ2n) is 6.13. The molecule has 1 unspecified atom stereocenters. The topological polar surface area (TPSA) is 97.1 Å². The van der Waals surface area contributed by atoms with Crippen LogP contribution in [-0.4, -0.2) is 44.6 Å². The van der Waals surface area contributed by atoms with Gasteiger partial charge in [-0.05, 0) is 30.3 Å². The van der Waals surface area contributed by atoms with Crippen molar-refractivity contribution < 1.29 is 23.1 Å². The highest BCUT2D eigenvalue weighted by atomic mass is 35.5. The van der Waals surface area contributed by atoms with Gasteiger partial charge in [0.2, 0.25) is 0 Å². The monoisotopic (exact) mass is 438 g/mol. The Morgan fingerprint density at radius 3 is 2.50 bits per heavy atom. The second kappa shape index (κ2) is 8.64. The second-order valence-corrected chi connectivity index (χ2v) is 6.56. The van der Waals surface area contributed by atoms with E-state index in [2.05, 4.69) is 10.1 Å². The molecule has 0 saturated carbocycles. The van der Waals surface area contributed by atoms with E-state index in [1.807, 2.05) is 0 Å². The Bertz CT molecular complexity index is 1100. The molecular weight excluding hydrogens is 425 g/mol. The van der Waals surface area contributed by atoms with Crippen molar-refractivity contribution in [3.05, 3.63) is 75.8 Å². The number of aromatic nitrogens is 3. The summed E-state index contributed by atoms with van der Waals surface area (Å²) in [6.45, 7) is -1.37. The zero-order chi connectivity index (χ0) is 21.9. The molecule has 2 aromatic heterocycles. The maximum absolute atomic E-state index is 12.9. The third-order valence-electron chi connectivity index (χ3n) is 4.07. The highest BCUT2D eigenvalue weighted by molar-refractivity contribution is 6.30. The molecule has 1 aromatic carbocycles. The number of nitrogens with one attached hydrogen (secondary N) is 1. The lowest BCUT2D eigenvalue weighted by Gasteiger charge is -2.19. The zero-order valence-corrected chi connectivity index (χ0v) is 15.9. The molecule has 0 saturated heterocycles. The number of aliphatic hydroxyl groups is 1. The molecule has 3 aromatic rings. The minimum absolute atomic E-state index is 0.146. The number of benzene rings is 1. The first kappa shape index (κ1) is 21.5. The van der Waals surface area contributed by atoms with Crippen molar-refractivity contribution in [1.82, 2.24) is 20.1 Å². The summed E-state index contributed by atoms with van der Waals surface area (Å²) >= 11 is 5.87. The fourth-order valence-electron chi connectivity index (χ4n) is 2.54. The molecule has 1 amide bonds. The number of hydrogen-bond acceptors (Lipinski definition) is 5. The van der Waals surface area contributed by atoms with Crippen LogP contribution >= 0.6 is 11.6 Å². The molecule has 0 aliphatic carbocycles. The third kappa shape index (κ3) is 4.66. The molecule has 2 heterocycles. The summed E-state index contributed by atoms with van der Waals surface area (Å²) < 4.78 is 39.7. The largest absolute Gasteiger partial charge is 0.410 e. The quantitative estimate of drug-likeness (QED) is 0.638. The van der Waals surface area contributed by atoms with Gasteiger partial charge in [0.25, 0.3) is 11.5 Å². The fourth-order valence-corrected chi connectivity index (χ4v) is 2.67. The van der Waals surface area contributed by atoms with Gasteiger partial charge in [0.15, 0.2) is 0 Å². The van der Waals surface area contributed by atoms with Gasteiger partial charge in [0, 0.05) is 16.8 Å². The normalized spacial score (nSPS) is 12.4. The lowest BCUT2D eigenvalue weighted by molar-refractivity contribution is -0.161. The average molecular weight is 439 g/mol. The van der Waals surface area contributed by atoms with Gasteiger partial charge < -0.3 is 10.4 Å². The van der Waals surface area contributed by atoms with Gasteiger partial charge in [-0.25, -0.2) is 0 Å². The van der Waals surface area contributed by atoms with Crippen molar-refractivity contribution in [3.63, 3.8) is 0 Å². The van der Waals surface area contributed by atoms with Gasteiger partial charge in [-0.3, -0.25) is 14.6 Å². The Hall–Kier alpha value is -3.24. The van der Waals surface area contributed by atoms with E-state index in [-0.39, 0.29) is 11.4 Å². The lowest BCUT2D eigenvalue weighted by atomic mass is 10.1. The first-order valence-electron chi connectivity index (χ1n) is 8.50. The summed E-state index contributed by atoms with van der Waals surface area (Å²) in [4.78, 5) is 29.2. The number of amides is 1. The molecule has 11 heteroatoms. The first-order valence-corrected chi connectivity index (χ1v) is 8.87. The van der Waals surface area contributed by atoms with Gasteiger partial charge in [-0.15, -0.1) is 0 Å². The van der Waals surface area contributed by atoms with Crippen molar-refractivity contribution in [2.45, 2.75) is 12.2 Å². The number of aliphatic hydroxyl groups excluding tert-OH is 1. The highest BCUT2D eigenvalue weighted by Gasteiger charge is 2.40. The molecule has 2 N–H and O–H groups in total. The summed E-state index contributed by atoms with van der Waals surface area (Å²) in [5.41, 5.74) is -0.700. The Balaban J connectivity index is 2.14. The Morgan fingerprint density at radius 1 is 1.23 bits per heavy atom. The van der Waals surface area contributed by atoms with Crippen molar-refractivity contribution >= 4 is 17.5 Å². The van der Waals surface area contributed by atoms with Gasteiger partial charge >= 0.3 is 6.18 Å². The molecule has 3 rings (SSSR count). The van der Waals surface area contributed by atoms with Crippen LogP contribution in [0.3, 0.4) is 0 Å². The summed E-state index contributed by atoms with van der Waals surface area (Å²) in [6.07, 6.45) is -2.12. The predicted molar refractivity (Wildman–Crippen MR) is 102 cm³/mol. The van der Waals surface area contributed by atoms with Crippen LogP contribution in [0.2, 0.25) is 5.02 Å². The van der Waals surface area contributed by atoms with E-state index in [4.69, 9.17) is 16.7 Å². The number of carbonyl (C=O) groups is 1. The van der Waals surface area contributed by atoms with E-state index in [1.54, 1.807) is 29.6 Å². The van der Waals surface area contributed by atoms with E-state index in [0.717, 1.165) is 10.7 Å². The van der Waals surface area contributed by atoms with Gasteiger partial charge in [0.1, 0.15) is 11.6 Å². The number of hydrogen-bond donors (Lipinski definition) is 2. The minimum atomic E-state index is -4.89. The lowest BCUT2D eigenvalue weighted by Crippen LogP contribution is -2.49. The molecule has 7 nitrogen and oxygen atoms in total. The van der Waals surface area contributed by atoms with Crippen molar-refractivity contribution in [2.75, 3.05) is 6.61 Å². The van der Waals surface area contributed by atoms with Crippen molar-refractivity contribution in [3.8, 4) is 16.9 Å². The van der Waals surface area contributed by atoms with Gasteiger partial charge in [0.05, 0.1) is 24.2 Å². The maximum Gasteiger partial charge on any atom is 0.410 e. The highest BCUT2D eigenvalue weighted by Crippen LogP contribution is 2.22. The van der Waals surface area contributed by atoms with E-state index >= 15 is 0 Å². The average Bonchev–Trinajstić information content (AvgIpc) is 2.72. The van der Waals surface area contributed by atoms with Crippen LogP contribution in [0, 0.1) is 0 Å². The number of alkyl halides is 3. The fraction of sp³-hybridized carbons (Fsp3) is 0.158. The summed E-state index contributed by atoms with van der Waals surface area (Å²) in [6, 6.07) is 7.87. The molecule has 156 valence electrons. The van der Waals surface area contributed by atoms with E-state index in [1.165, 1.54) is 24.5 Å². The molecule has 0 bridgehead atoms. The SMILES string of the molecule is O=C(NC(CO)C(F)(F)F)c1cc(-c2ccc(Cl)cc2)nn(-c2cccnc2)c1=O. The Labute approximate surface area is 172 Å². The van der Waals surface area contributed by atoms with Crippen molar-refractivity contribution in [2.24, 2.45) is 0 Å². The number of halogens is 4. The summed E-state index contributed by atoms with van der Waals surface area (Å²) in [5, 5.41) is 15.2. The van der Waals surface area contributed by atoms with Crippen LogP contribution in [0.4, 0.5) is 13.2 Å². The molecule has 0 radical (unpaired) electrons. The van der Waals surface area contributed by atoms with Crippen LogP contribution in [0.15, 0.2) is 59.7 Å². The molecule has 1 atom stereocenters. The van der Waals surface area contributed by atoms with Crippen molar-refractivity contribution in [1.29, 1.82) is 0 Å². The van der Waals surface area contributed by atoms with E-state index in [9.17, 15) is 22.8 Å². The standard InChI is InChI=1S/C19H14ClF3N4O3/c20-12-5-3-11(4-6-12)15-8-14(17(29)25-16(10-28)19(21,22)23)18(30)27(26-15)13-2-1-7-24-9-13/h1-9,16,28H,10H2,(H,25,29). The Kier molecular flexibility index (Phi) is 6.18. The number of nitrogens with zero attached hydrogens (tertiary/aromatic N) is 3. The van der Waals surface area contributed by atoms with Gasteiger partial charge in [-0.2, -0.15) is 23.0 Å². The molecule has 0 fully saturated rings. The third-order valence-corrected chi connectivity index (χ3v) is 4.32. The summed E-state index contributed by atoms with van der Waals surface area (Å²) in [7, 11) is 0. The zero-order valence-electron chi connectivity index (χ0n) is 15.1. The number of pyridine rings is 1. The molecule has 0 aliphatic rings.